The average Bonchev–Trinajstić information content (AvgIpc) is 2.73. The zero-order valence-corrected chi connectivity index (χ0v) is 13.5. The van der Waals surface area contributed by atoms with Crippen molar-refractivity contribution in [2.75, 3.05) is 13.1 Å². The van der Waals surface area contributed by atoms with Gasteiger partial charge in [-0.05, 0) is 30.4 Å². The molecule has 0 N–H and O–H groups in total. The second-order valence-electron chi connectivity index (χ2n) is 6.31. The lowest BCUT2D eigenvalue weighted by atomic mass is 9.92. The predicted molar refractivity (Wildman–Crippen MR) is 85.0 cm³/mol. The van der Waals surface area contributed by atoms with E-state index in [9.17, 15) is 9.59 Å². The first-order valence-corrected chi connectivity index (χ1v) is 7.88. The summed E-state index contributed by atoms with van der Waals surface area (Å²) in [5.41, 5.74) is 1.01. The van der Waals surface area contributed by atoms with Crippen LogP contribution < -0.4 is 5.76 Å². The fraction of sp³-hybridized carbons (Fsp3) is 0.500. The van der Waals surface area contributed by atoms with Crippen molar-refractivity contribution in [1.82, 2.24) is 9.47 Å². The van der Waals surface area contributed by atoms with E-state index in [2.05, 4.69) is 13.8 Å². The molecule has 3 rings (SSSR count). The fourth-order valence-corrected chi connectivity index (χ4v) is 3.45. The van der Waals surface area contributed by atoms with Crippen molar-refractivity contribution in [2.45, 2.75) is 26.8 Å². The Morgan fingerprint density at radius 2 is 2.00 bits per heavy atom. The molecular weight excluding hydrogens is 304 g/mol. The van der Waals surface area contributed by atoms with Crippen LogP contribution in [-0.4, -0.2) is 28.5 Å². The molecular formula is C16H19ClN2O3. The van der Waals surface area contributed by atoms with Crippen molar-refractivity contribution in [2.24, 2.45) is 11.8 Å². The van der Waals surface area contributed by atoms with Gasteiger partial charge in [-0.1, -0.05) is 25.4 Å². The number of likely N-dealkylation sites (tertiary alicyclic amines) is 1. The minimum atomic E-state index is -0.524. The summed E-state index contributed by atoms with van der Waals surface area (Å²) >= 11 is 5.89. The molecule has 1 amide bonds. The van der Waals surface area contributed by atoms with Gasteiger partial charge in [-0.15, -0.1) is 0 Å². The molecule has 2 atom stereocenters. The number of hydrogen-bond acceptors (Lipinski definition) is 3. The average molecular weight is 323 g/mol. The normalized spacial score (nSPS) is 22.2. The number of halogens is 1. The fourth-order valence-electron chi connectivity index (χ4n) is 3.29. The third-order valence-corrected chi connectivity index (χ3v) is 4.38. The number of carbonyl (C=O) groups is 1. The van der Waals surface area contributed by atoms with Crippen molar-refractivity contribution in [3.63, 3.8) is 0 Å². The van der Waals surface area contributed by atoms with Gasteiger partial charge in [-0.2, -0.15) is 0 Å². The predicted octanol–water partition coefficient (Wildman–Crippen LogP) is 2.75. The maximum atomic E-state index is 12.5. The Hall–Kier alpha value is -1.75. The van der Waals surface area contributed by atoms with Gasteiger partial charge in [0.05, 0.1) is 5.52 Å². The Kier molecular flexibility index (Phi) is 4.00. The minimum absolute atomic E-state index is 0.00685. The molecule has 0 unspecified atom stereocenters. The Labute approximate surface area is 133 Å². The lowest BCUT2D eigenvalue weighted by Gasteiger charge is -2.35. The van der Waals surface area contributed by atoms with Crippen LogP contribution in [0.2, 0.25) is 5.02 Å². The van der Waals surface area contributed by atoms with Crippen LogP contribution in [0, 0.1) is 11.8 Å². The summed E-state index contributed by atoms with van der Waals surface area (Å²) in [6, 6.07) is 4.98. The van der Waals surface area contributed by atoms with Crippen LogP contribution in [0.15, 0.2) is 27.4 Å². The summed E-state index contributed by atoms with van der Waals surface area (Å²) < 4.78 is 6.54. The molecule has 2 heterocycles. The van der Waals surface area contributed by atoms with E-state index in [0.717, 1.165) is 19.5 Å². The number of carbonyl (C=O) groups excluding carboxylic acids is 1. The van der Waals surface area contributed by atoms with Crippen molar-refractivity contribution < 1.29 is 9.21 Å². The monoisotopic (exact) mass is 322 g/mol. The van der Waals surface area contributed by atoms with Crippen LogP contribution in [0.5, 0.6) is 0 Å². The molecule has 0 aliphatic carbocycles. The molecule has 1 saturated heterocycles. The second-order valence-corrected chi connectivity index (χ2v) is 6.75. The van der Waals surface area contributed by atoms with E-state index in [1.807, 2.05) is 4.90 Å². The zero-order chi connectivity index (χ0) is 15.9. The third-order valence-electron chi connectivity index (χ3n) is 4.15. The molecule has 118 valence electrons. The number of fused-ring (bicyclic) bond motifs is 1. The second kappa shape index (κ2) is 5.80. The van der Waals surface area contributed by atoms with Gasteiger partial charge in [0.15, 0.2) is 5.58 Å². The molecule has 0 radical (unpaired) electrons. The maximum absolute atomic E-state index is 12.5. The Bertz CT molecular complexity index is 754. The van der Waals surface area contributed by atoms with E-state index in [4.69, 9.17) is 16.0 Å². The molecule has 5 nitrogen and oxygen atoms in total. The molecule has 1 aliphatic rings. The van der Waals surface area contributed by atoms with Crippen LogP contribution in [-0.2, 0) is 11.3 Å². The summed E-state index contributed by atoms with van der Waals surface area (Å²) in [5.74, 6) is 0.413. The minimum Gasteiger partial charge on any atom is -0.408 e. The van der Waals surface area contributed by atoms with Gasteiger partial charge in [-0.25, -0.2) is 4.79 Å². The van der Waals surface area contributed by atoms with Gasteiger partial charge < -0.3 is 9.32 Å². The summed E-state index contributed by atoms with van der Waals surface area (Å²) in [7, 11) is 0. The van der Waals surface area contributed by atoms with Crippen LogP contribution in [0.3, 0.4) is 0 Å². The molecule has 0 bridgehead atoms. The zero-order valence-electron chi connectivity index (χ0n) is 12.7. The highest BCUT2D eigenvalue weighted by molar-refractivity contribution is 6.31. The molecule has 1 aromatic heterocycles. The number of oxazole rings is 1. The summed E-state index contributed by atoms with van der Waals surface area (Å²) in [6.07, 6.45) is 1.14. The number of aromatic nitrogens is 1. The van der Waals surface area contributed by atoms with Crippen molar-refractivity contribution in [1.29, 1.82) is 0 Å². The SMILES string of the molecule is C[C@@H]1C[C@@H](C)CN(C(=O)Cn2c(=O)oc3cc(Cl)ccc32)C1. The van der Waals surface area contributed by atoms with E-state index in [-0.39, 0.29) is 12.5 Å². The van der Waals surface area contributed by atoms with Crippen LogP contribution >= 0.6 is 11.6 Å². The first-order chi connectivity index (χ1) is 10.4. The summed E-state index contributed by atoms with van der Waals surface area (Å²) in [6.45, 7) is 5.81. The standard InChI is InChI=1S/C16H19ClN2O3/c1-10-5-11(2)8-18(7-10)15(20)9-19-13-4-3-12(17)6-14(13)22-16(19)21/h3-4,6,10-11H,5,7-9H2,1-2H3/t10-,11-/m1/s1. The van der Waals surface area contributed by atoms with Gasteiger partial charge in [0.1, 0.15) is 6.54 Å². The van der Waals surface area contributed by atoms with Crippen molar-refractivity contribution in [3.8, 4) is 0 Å². The van der Waals surface area contributed by atoms with Crippen LogP contribution in [0.4, 0.5) is 0 Å². The number of hydrogen-bond donors (Lipinski definition) is 0. The summed E-state index contributed by atoms with van der Waals surface area (Å²) in [5, 5.41) is 0.499. The van der Waals surface area contributed by atoms with E-state index >= 15 is 0 Å². The maximum Gasteiger partial charge on any atom is 0.420 e. The number of benzene rings is 1. The topological polar surface area (TPSA) is 55.5 Å². The quantitative estimate of drug-likeness (QED) is 0.854. The third kappa shape index (κ3) is 2.90. The van der Waals surface area contributed by atoms with E-state index in [0.29, 0.717) is 28.0 Å². The largest absolute Gasteiger partial charge is 0.420 e. The van der Waals surface area contributed by atoms with Gasteiger partial charge >= 0.3 is 5.76 Å². The van der Waals surface area contributed by atoms with Gasteiger partial charge in [0, 0.05) is 24.2 Å². The first-order valence-electron chi connectivity index (χ1n) is 7.50. The van der Waals surface area contributed by atoms with Crippen molar-refractivity contribution >= 4 is 28.6 Å². The lowest BCUT2D eigenvalue weighted by molar-refractivity contribution is -0.134. The number of rotatable bonds is 2. The van der Waals surface area contributed by atoms with E-state index < -0.39 is 5.76 Å². The first kappa shape index (κ1) is 15.2. The van der Waals surface area contributed by atoms with Crippen LogP contribution in [0.25, 0.3) is 11.1 Å². The lowest BCUT2D eigenvalue weighted by Crippen LogP contribution is -2.44. The van der Waals surface area contributed by atoms with Gasteiger partial charge in [0.2, 0.25) is 5.91 Å². The van der Waals surface area contributed by atoms with Crippen LogP contribution in [0.1, 0.15) is 20.3 Å². The molecule has 1 aliphatic heterocycles. The van der Waals surface area contributed by atoms with Gasteiger partial charge in [0.25, 0.3) is 0 Å². The molecule has 1 aromatic carbocycles. The molecule has 1 fully saturated rings. The number of piperidine rings is 1. The van der Waals surface area contributed by atoms with E-state index in [1.165, 1.54) is 4.57 Å². The summed E-state index contributed by atoms with van der Waals surface area (Å²) in [4.78, 5) is 26.3. The Morgan fingerprint density at radius 3 is 2.68 bits per heavy atom. The smallest absolute Gasteiger partial charge is 0.408 e. The highest BCUT2D eigenvalue weighted by atomic mass is 35.5. The highest BCUT2D eigenvalue weighted by Crippen LogP contribution is 2.22. The highest BCUT2D eigenvalue weighted by Gasteiger charge is 2.26. The molecule has 2 aromatic rings. The molecule has 0 saturated carbocycles. The van der Waals surface area contributed by atoms with Crippen molar-refractivity contribution in [3.05, 3.63) is 33.8 Å². The molecule has 6 heteroatoms. The number of amides is 1. The molecule has 22 heavy (non-hydrogen) atoms. The Morgan fingerprint density at radius 1 is 1.32 bits per heavy atom. The number of nitrogens with zero attached hydrogens (tertiary/aromatic N) is 2. The molecule has 0 spiro atoms. The van der Waals surface area contributed by atoms with E-state index in [1.54, 1.807) is 18.2 Å². The Balaban J connectivity index is 1.85. The van der Waals surface area contributed by atoms with Gasteiger partial charge in [-0.3, -0.25) is 9.36 Å².